The van der Waals surface area contributed by atoms with Crippen molar-refractivity contribution in [2.75, 3.05) is 5.32 Å². The molecule has 0 atom stereocenters. The molecule has 1 N–H and O–H groups in total. The first-order valence-corrected chi connectivity index (χ1v) is 7.42. The second-order valence-corrected chi connectivity index (χ2v) is 5.65. The van der Waals surface area contributed by atoms with E-state index in [9.17, 15) is 13.6 Å². The molecule has 23 heavy (non-hydrogen) atoms. The zero-order valence-corrected chi connectivity index (χ0v) is 12.5. The van der Waals surface area contributed by atoms with E-state index in [1.807, 2.05) is 0 Å². The lowest BCUT2D eigenvalue weighted by molar-refractivity contribution is 0.102. The average Bonchev–Trinajstić information content (AvgIpc) is 2.97. The number of halogens is 2. The maximum Gasteiger partial charge on any atom is 0.257 e. The number of carbonyl (C=O) groups is 1. The number of nitrogens with one attached hydrogen (secondary N) is 1. The summed E-state index contributed by atoms with van der Waals surface area (Å²) < 4.78 is 26.6. The topological polar surface area (TPSA) is 67.8 Å². The number of anilines is 1. The van der Waals surface area contributed by atoms with Crippen LogP contribution in [-0.2, 0) is 6.42 Å². The highest BCUT2D eigenvalue weighted by Crippen LogP contribution is 2.20. The zero-order chi connectivity index (χ0) is 16.2. The van der Waals surface area contributed by atoms with Crippen molar-refractivity contribution in [2.45, 2.75) is 6.42 Å². The second-order valence-electron chi connectivity index (χ2n) is 4.59. The Kier molecular flexibility index (Phi) is 4.33. The summed E-state index contributed by atoms with van der Waals surface area (Å²) in [4.78, 5) is 15.3. The molecule has 1 aromatic carbocycles. The summed E-state index contributed by atoms with van der Waals surface area (Å²) in [5.41, 5.74) is 0.626. The Morgan fingerprint density at radius 1 is 1.17 bits per heavy atom. The fourth-order valence-electron chi connectivity index (χ4n) is 1.89. The van der Waals surface area contributed by atoms with E-state index in [0.29, 0.717) is 10.6 Å². The Morgan fingerprint density at radius 3 is 2.78 bits per heavy atom. The molecular formula is C15H10F2N4OS. The van der Waals surface area contributed by atoms with E-state index in [-0.39, 0.29) is 22.9 Å². The number of amides is 1. The molecule has 2 aromatic heterocycles. The lowest BCUT2D eigenvalue weighted by Gasteiger charge is -2.00. The van der Waals surface area contributed by atoms with Crippen molar-refractivity contribution in [3.63, 3.8) is 0 Å². The van der Waals surface area contributed by atoms with E-state index in [1.165, 1.54) is 18.3 Å². The molecule has 0 spiro atoms. The van der Waals surface area contributed by atoms with Crippen molar-refractivity contribution in [1.29, 1.82) is 0 Å². The van der Waals surface area contributed by atoms with Crippen LogP contribution in [-0.4, -0.2) is 21.1 Å². The summed E-state index contributed by atoms with van der Waals surface area (Å²) in [6.45, 7) is 0. The number of rotatable bonds is 4. The van der Waals surface area contributed by atoms with Gasteiger partial charge in [0, 0.05) is 24.2 Å². The van der Waals surface area contributed by atoms with Gasteiger partial charge in [0.25, 0.3) is 5.91 Å². The summed E-state index contributed by atoms with van der Waals surface area (Å²) in [7, 11) is 0. The molecule has 5 nitrogen and oxygen atoms in total. The molecule has 116 valence electrons. The van der Waals surface area contributed by atoms with Crippen molar-refractivity contribution < 1.29 is 13.6 Å². The van der Waals surface area contributed by atoms with Crippen LogP contribution < -0.4 is 5.32 Å². The van der Waals surface area contributed by atoms with Crippen LogP contribution in [0.3, 0.4) is 0 Å². The number of carbonyl (C=O) groups excluding carboxylic acids is 1. The lowest BCUT2D eigenvalue weighted by atomic mass is 10.1. The number of hydrogen-bond acceptors (Lipinski definition) is 5. The van der Waals surface area contributed by atoms with Crippen molar-refractivity contribution in [2.24, 2.45) is 0 Å². The molecule has 0 aliphatic rings. The van der Waals surface area contributed by atoms with Gasteiger partial charge >= 0.3 is 0 Å². The number of benzene rings is 1. The van der Waals surface area contributed by atoms with E-state index in [4.69, 9.17) is 0 Å². The van der Waals surface area contributed by atoms with Crippen LogP contribution in [0.1, 0.15) is 20.9 Å². The highest BCUT2D eigenvalue weighted by molar-refractivity contribution is 7.15. The first-order valence-electron chi connectivity index (χ1n) is 6.60. The molecule has 0 aliphatic carbocycles. The normalized spacial score (nSPS) is 10.5. The molecule has 3 rings (SSSR count). The molecule has 0 saturated carbocycles. The van der Waals surface area contributed by atoms with Crippen LogP contribution in [0.2, 0.25) is 0 Å². The van der Waals surface area contributed by atoms with E-state index < -0.39 is 11.9 Å². The SMILES string of the molecule is O=C(Nc1nnc(Cc2ccccc2F)s1)c1ccnc(F)c1. The van der Waals surface area contributed by atoms with Gasteiger partial charge in [-0.25, -0.2) is 9.37 Å². The van der Waals surface area contributed by atoms with Gasteiger partial charge in [-0.1, -0.05) is 29.5 Å². The van der Waals surface area contributed by atoms with Crippen molar-refractivity contribution in [3.8, 4) is 0 Å². The fourth-order valence-corrected chi connectivity index (χ4v) is 2.65. The highest BCUT2D eigenvalue weighted by Gasteiger charge is 2.12. The van der Waals surface area contributed by atoms with Gasteiger partial charge in [-0.2, -0.15) is 4.39 Å². The van der Waals surface area contributed by atoms with Crippen molar-refractivity contribution in [3.05, 3.63) is 70.5 Å². The highest BCUT2D eigenvalue weighted by atomic mass is 32.1. The predicted molar refractivity (Wildman–Crippen MR) is 81.3 cm³/mol. The molecular weight excluding hydrogens is 322 g/mol. The fraction of sp³-hybridized carbons (Fsp3) is 0.0667. The Labute approximate surface area is 134 Å². The summed E-state index contributed by atoms with van der Waals surface area (Å²) in [6, 6.07) is 8.79. The number of pyridine rings is 1. The third kappa shape index (κ3) is 3.72. The van der Waals surface area contributed by atoms with Crippen molar-refractivity contribution in [1.82, 2.24) is 15.2 Å². The summed E-state index contributed by atoms with van der Waals surface area (Å²) in [6.07, 6.45) is 1.48. The van der Waals surface area contributed by atoms with Gasteiger partial charge in [-0.05, 0) is 17.7 Å². The number of aromatic nitrogens is 3. The van der Waals surface area contributed by atoms with Crippen molar-refractivity contribution >= 4 is 22.4 Å². The average molecular weight is 332 g/mol. The van der Waals surface area contributed by atoms with Gasteiger partial charge in [-0.3, -0.25) is 10.1 Å². The first-order chi connectivity index (χ1) is 11.1. The van der Waals surface area contributed by atoms with E-state index >= 15 is 0 Å². The number of hydrogen-bond donors (Lipinski definition) is 1. The van der Waals surface area contributed by atoms with E-state index in [1.54, 1.807) is 18.2 Å². The lowest BCUT2D eigenvalue weighted by Crippen LogP contribution is -2.12. The molecule has 0 aliphatic heterocycles. The molecule has 0 radical (unpaired) electrons. The first kappa shape index (κ1) is 15.2. The minimum Gasteiger partial charge on any atom is -0.296 e. The van der Waals surface area contributed by atoms with E-state index in [0.717, 1.165) is 17.4 Å². The Hall–Kier alpha value is -2.74. The molecule has 0 bridgehead atoms. The largest absolute Gasteiger partial charge is 0.296 e. The van der Waals surface area contributed by atoms with Gasteiger partial charge in [0.2, 0.25) is 11.1 Å². The molecule has 0 unspecified atom stereocenters. The van der Waals surface area contributed by atoms with Gasteiger partial charge in [0.1, 0.15) is 10.8 Å². The Bertz CT molecular complexity index is 853. The number of nitrogens with zero attached hydrogens (tertiary/aromatic N) is 3. The van der Waals surface area contributed by atoms with Crippen LogP contribution in [0, 0.1) is 11.8 Å². The summed E-state index contributed by atoms with van der Waals surface area (Å²) >= 11 is 1.13. The molecule has 1 amide bonds. The maximum atomic E-state index is 13.6. The third-order valence-electron chi connectivity index (χ3n) is 2.98. The molecule has 8 heteroatoms. The second kappa shape index (κ2) is 6.57. The molecule has 3 aromatic rings. The zero-order valence-electron chi connectivity index (χ0n) is 11.7. The third-order valence-corrected chi connectivity index (χ3v) is 3.81. The van der Waals surface area contributed by atoms with Crippen LogP contribution in [0.4, 0.5) is 13.9 Å². The maximum absolute atomic E-state index is 13.6. The van der Waals surface area contributed by atoms with Crippen LogP contribution in [0.25, 0.3) is 0 Å². The molecule has 0 fully saturated rings. The van der Waals surface area contributed by atoms with Crippen LogP contribution >= 0.6 is 11.3 Å². The summed E-state index contributed by atoms with van der Waals surface area (Å²) in [5, 5.41) is 11.1. The predicted octanol–water partition coefficient (Wildman–Crippen LogP) is 3.05. The monoisotopic (exact) mass is 332 g/mol. The van der Waals surface area contributed by atoms with Crippen LogP contribution in [0.15, 0.2) is 42.6 Å². The molecule has 0 saturated heterocycles. The standard InChI is InChI=1S/C15H10F2N4OS/c16-11-4-2-1-3-9(11)8-13-20-21-15(23-13)19-14(22)10-5-6-18-12(17)7-10/h1-7H,8H2,(H,19,21,22). The smallest absolute Gasteiger partial charge is 0.257 e. The van der Waals surface area contributed by atoms with Crippen LogP contribution in [0.5, 0.6) is 0 Å². The van der Waals surface area contributed by atoms with Gasteiger partial charge < -0.3 is 0 Å². The summed E-state index contributed by atoms with van der Waals surface area (Å²) in [5.74, 6) is -1.57. The van der Waals surface area contributed by atoms with Gasteiger partial charge in [0.05, 0.1) is 0 Å². The molecule has 2 heterocycles. The van der Waals surface area contributed by atoms with E-state index in [2.05, 4.69) is 20.5 Å². The Morgan fingerprint density at radius 2 is 2.00 bits per heavy atom. The van der Waals surface area contributed by atoms with Gasteiger partial charge in [-0.15, -0.1) is 10.2 Å². The minimum absolute atomic E-state index is 0.128. The minimum atomic E-state index is -0.741. The quantitative estimate of drug-likeness (QED) is 0.746. The Balaban J connectivity index is 1.70. The van der Waals surface area contributed by atoms with Gasteiger partial charge in [0.15, 0.2) is 0 Å².